The van der Waals surface area contributed by atoms with E-state index in [2.05, 4.69) is 32.3 Å². The van der Waals surface area contributed by atoms with E-state index in [4.69, 9.17) is 0 Å². The molecule has 3 rings (SSSR count). The van der Waals surface area contributed by atoms with Crippen molar-refractivity contribution >= 4 is 0 Å². The van der Waals surface area contributed by atoms with Gasteiger partial charge in [0.15, 0.2) is 0 Å². The highest BCUT2D eigenvalue weighted by atomic mass is 15.2. The lowest BCUT2D eigenvalue weighted by molar-refractivity contribution is 0.195. The summed E-state index contributed by atoms with van der Waals surface area (Å²) < 4.78 is 0. The first-order valence-corrected chi connectivity index (χ1v) is 6.71. The maximum Gasteiger partial charge on any atom is 0.0792 e. The monoisotopic (exact) mass is 254 g/mol. The highest BCUT2D eigenvalue weighted by Crippen LogP contribution is 2.26. The molecule has 2 aromatic heterocycles. The maximum atomic E-state index is 4.54. The van der Waals surface area contributed by atoms with Crippen LogP contribution in [0.5, 0.6) is 0 Å². The van der Waals surface area contributed by atoms with Gasteiger partial charge in [0.2, 0.25) is 0 Å². The number of pyridine rings is 2. The summed E-state index contributed by atoms with van der Waals surface area (Å²) in [5.74, 6) is 0. The minimum absolute atomic E-state index is 0.206. The van der Waals surface area contributed by atoms with Crippen LogP contribution in [0.1, 0.15) is 17.3 Å². The van der Waals surface area contributed by atoms with Crippen molar-refractivity contribution in [3.8, 4) is 0 Å². The van der Waals surface area contributed by atoms with Gasteiger partial charge >= 0.3 is 0 Å². The second-order valence-corrected chi connectivity index (χ2v) is 4.73. The van der Waals surface area contributed by atoms with E-state index in [1.807, 2.05) is 36.8 Å². The quantitative estimate of drug-likeness (QED) is 0.900. The largest absolute Gasteiger partial charge is 0.314 e. The van der Waals surface area contributed by atoms with Crippen molar-refractivity contribution in [2.45, 2.75) is 6.04 Å². The van der Waals surface area contributed by atoms with Gasteiger partial charge in [-0.05, 0) is 23.8 Å². The highest BCUT2D eigenvalue weighted by Gasteiger charge is 2.24. The highest BCUT2D eigenvalue weighted by molar-refractivity contribution is 5.25. The van der Waals surface area contributed by atoms with Gasteiger partial charge in [-0.3, -0.25) is 14.9 Å². The number of rotatable bonds is 3. The molecule has 4 heteroatoms. The number of hydrogen-bond acceptors (Lipinski definition) is 4. The molecule has 1 aliphatic rings. The summed E-state index contributed by atoms with van der Waals surface area (Å²) in [5, 5.41) is 3.39. The maximum absolute atomic E-state index is 4.54. The van der Waals surface area contributed by atoms with Gasteiger partial charge in [-0.15, -0.1) is 0 Å². The Hall–Kier alpha value is -1.78. The molecule has 98 valence electrons. The van der Waals surface area contributed by atoms with Crippen molar-refractivity contribution in [2.24, 2.45) is 0 Å². The van der Waals surface area contributed by atoms with Crippen molar-refractivity contribution in [2.75, 3.05) is 26.2 Å². The molecule has 1 atom stereocenters. The van der Waals surface area contributed by atoms with Crippen LogP contribution in [0.25, 0.3) is 0 Å². The standard InChI is InChI=1S/C15H18N4/c1-2-7-18-14(5-1)15(13-4-3-6-17-12-13)19-10-8-16-9-11-19/h1-7,12,15-16H,8-11H2. The minimum atomic E-state index is 0.206. The summed E-state index contributed by atoms with van der Waals surface area (Å²) in [6, 6.07) is 10.4. The van der Waals surface area contributed by atoms with Crippen LogP contribution in [0.2, 0.25) is 0 Å². The fourth-order valence-corrected chi connectivity index (χ4v) is 2.58. The normalized spacial score (nSPS) is 18.1. The Labute approximate surface area is 113 Å². The van der Waals surface area contributed by atoms with E-state index >= 15 is 0 Å². The molecule has 1 fully saturated rings. The summed E-state index contributed by atoms with van der Waals surface area (Å²) in [5.41, 5.74) is 2.31. The van der Waals surface area contributed by atoms with Crippen LogP contribution >= 0.6 is 0 Å². The van der Waals surface area contributed by atoms with Crippen LogP contribution in [0, 0.1) is 0 Å². The molecule has 0 aromatic carbocycles. The second kappa shape index (κ2) is 5.91. The number of piperazine rings is 1. The molecule has 19 heavy (non-hydrogen) atoms. The number of nitrogens with zero attached hydrogens (tertiary/aromatic N) is 3. The lowest BCUT2D eigenvalue weighted by Gasteiger charge is -2.34. The molecular formula is C15H18N4. The van der Waals surface area contributed by atoms with Crippen molar-refractivity contribution < 1.29 is 0 Å². The van der Waals surface area contributed by atoms with E-state index in [1.165, 1.54) is 5.56 Å². The van der Waals surface area contributed by atoms with Gasteiger partial charge in [-0.1, -0.05) is 12.1 Å². The summed E-state index contributed by atoms with van der Waals surface area (Å²) in [6.07, 6.45) is 5.62. The Balaban J connectivity index is 1.96. The number of nitrogens with one attached hydrogen (secondary N) is 1. The first kappa shape index (κ1) is 12.3. The van der Waals surface area contributed by atoms with Gasteiger partial charge in [0.1, 0.15) is 0 Å². The lowest BCUT2D eigenvalue weighted by atomic mass is 10.0. The average Bonchev–Trinajstić information content (AvgIpc) is 2.51. The molecule has 0 amide bonds. The zero-order valence-corrected chi connectivity index (χ0v) is 10.9. The third-order valence-corrected chi connectivity index (χ3v) is 3.48. The van der Waals surface area contributed by atoms with Gasteiger partial charge in [0.05, 0.1) is 11.7 Å². The van der Waals surface area contributed by atoms with Crippen LogP contribution in [-0.4, -0.2) is 41.0 Å². The van der Waals surface area contributed by atoms with Gasteiger partial charge in [-0.2, -0.15) is 0 Å². The Bertz CT molecular complexity index is 455. The van der Waals surface area contributed by atoms with E-state index in [-0.39, 0.29) is 6.04 Å². The van der Waals surface area contributed by atoms with E-state index in [0.717, 1.165) is 31.9 Å². The van der Waals surface area contributed by atoms with E-state index in [0.29, 0.717) is 0 Å². The second-order valence-electron chi connectivity index (χ2n) is 4.73. The van der Waals surface area contributed by atoms with Crippen LogP contribution in [0.15, 0.2) is 48.9 Å². The van der Waals surface area contributed by atoms with Gasteiger partial charge in [0, 0.05) is 44.8 Å². The van der Waals surface area contributed by atoms with Crippen molar-refractivity contribution in [1.29, 1.82) is 0 Å². The smallest absolute Gasteiger partial charge is 0.0792 e. The first-order chi connectivity index (χ1) is 9.45. The predicted octanol–water partition coefficient (Wildman–Crippen LogP) is 1.47. The molecular weight excluding hydrogens is 236 g/mol. The molecule has 1 saturated heterocycles. The van der Waals surface area contributed by atoms with E-state index in [1.54, 1.807) is 0 Å². The Kier molecular flexibility index (Phi) is 3.81. The fraction of sp³-hybridized carbons (Fsp3) is 0.333. The zero-order chi connectivity index (χ0) is 12.9. The van der Waals surface area contributed by atoms with E-state index in [9.17, 15) is 0 Å². The Morgan fingerprint density at radius 3 is 2.63 bits per heavy atom. The molecule has 1 unspecified atom stereocenters. The molecule has 2 aromatic rings. The summed E-state index contributed by atoms with van der Waals surface area (Å²) >= 11 is 0. The summed E-state index contributed by atoms with van der Waals surface area (Å²) in [4.78, 5) is 11.3. The van der Waals surface area contributed by atoms with Crippen LogP contribution in [-0.2, 0) is 0 Å². The van der Waals surface area contributed by atoms with E-state index < -0.39 is 0 Å². The van der Waals surface area contributed by atoms with Crippen LogP contribution < -0.4 is 5.32 Å². The molecule has 0 bridgehead atoms. The molecule has 4 nitrogen and oxygen atoms in total. The summed E-state index contributed by atoms with van der Waals surface area (Å²) in [6.45, 7) is 4.14. The van der Waals surface area contributed by atoms with Gasteiger partial charge in [-0.25, -0.2) is 0 Å². The number of aromatic nitrogens is 2. The van der Waals surface area contributed by atoms with Gasteiger partial charge in [0.25, 0.3) is 0 Å². The summed E-state index contributed by atoms with van der Waals surface area (Å²) in [7, 11) is 0. The molecule has 0 radical (unpaired) electrons. The van der Waals surface area contributed by atoms with Crippen molar-refractivity contribution in [1.82, 2.24) is 20.2 Å². The third-order valence-electron chi connectivity index (χ3n) is 3.48. The van der Waals surface area contributed by atoms with Crippen LogP contribution in [0.3, 0.4) is 0 Å². The topological polar surface area (TPSA) is 41.1 Å². The molecule has 1 aliphatic heterocycles. The SMILES string of the molecule is c1ccc(C(c2cccnc2)N2CCNCC2)nc1. The van der Waals surface area contributed by atoms with Crippen molar-refractivity contribution in [3.63, 3.8) is 0 Å². The molecule has 0 saturated carbocycles. The first-order valence-electron chi connectivity index (χ1n) is 6.71. The van der Waals surface area contributed by atoms with Crippen molar-refractivity contribution in [3.05, 3.63) is 60.2 Å². The zero-order valence-electron chi connectivity index (χ0n) is 10.9. The lowest BCUT2D eigenvalue weighted by Crippen LogP contribution is -2.45. The van der Waals surface area contributed by atoms with Crippen LogP contribution in [0.4, 0.5) is 0 Å². The number of hydrogen-bond donors (Lipinski definition) is 1. The molecule has 3 heterocycles. The minimum Gasteiger partial charge on any atom is -0.314 e. The average molecular weight is 254 g/mol. The molecule has 0 spiro atoms. The predicted molar refractivity (Wildman–Crippen MR) is 74.8 cm³/mol. The van der Waals surface area contributed by atoms with Gasteiger partial charge < -0.3 is 5.32 Å². The molecule has 0 aliphatic carbocycles. The fourth-order valence-electron chi connectivity index (χ4n) is 2.58. The Morgan fingerprint density at radius 2 is 1.95 bits per heavy atom. The third kappa shape index (κ3) is 2.80. The molecule has 1 N–H and O–H groups in total. The Morgan fingerprint density at radius 1 is 1.05 bits per heavy atom.